The average molecular weight is 294 g/mol. The first-order valence-electron chi connectivity index (χ1n) is 7.53. The van der Waals surface area contributed by atoms with Crippen LogP contribution in [-0.2, 0) is 4.79 Å². The van der Waals surface area contributed by atoms with Gasteiger partial charge in [0.1, 0.15) is 0 Å². The Kier molecular flexibility index (Phi) is 21.1. The van der Waals surface area contributed by atoms with E-state index in [4.69, 9.17) is 10.5 Å². The largest absolute Gasteiger partial charge is 0.399 e. The van der Waals surface area contributed by atoms with Crippen molar-refractivity contribution >= 4 is 12.1 Å². The number of primary amides is 1. The number of rotatable bonds is 2. The van der Waals surface area contributed by atoms with Crippen molar-refractivity contribution in [1.82, 2.24) is 0 Å². The van der Waals surface area contributed by atoms with Gasteiger partial charge in [0.05, 0.1) is 0 Å². The molecule has 0 bridgehead atoms. The second-order valence-electron chi connectivity index (χ2n) is 4.48. The van der Waals surface area contributed by atoms with Crippen molar-refractivity contribution in [3.05, 3.63) is 41.5 Å². The van der Waals surface area contributed by atoms with Crippen molar-refractivity contribution < 1.29 is 4.79 Å². The second kappa shape index (κ2) is 18.2. The molecular formula is C18H34N2O. The minimum Gasteiger partial charge on any atom is -0.399 e. The molecule has 1 unspecified atom stereocenters. The Hall–Kier alpha value is -1.77. The van der Waals surface area contributed by atoms with Gasteiger partial charge in [-0.15, -0.1) is 0 Å². The Balaban J connectivity index is -0.000000272. The van der Waals surface area contributed by atoms with Gasteiger partial charge in [-0.05, 0) is 50.8 Å². The molecule has 0 aliphatic rings. The third-order valence-electron chi connectivity index (χ3n) is 2.70. The molecule has 0 aromatic heterocycles. The Morgan fingerprint density at radius 3 is 1.76 bits per heavy atom. The monoisotopic (exact) mass is 294 g/mol. The molecule has 21 heavy (non-hydrogen) atoms. The number of carbonyl (C=O) groups excluding carboxylic acids is 1. The number of amides is 1. The molecular weight excluding hydrogens is 260 g/mol. The maximum Gasteiger partial charge on any atom is 0.204 e. The summed E-state index contributed by atoms with van der Waals surface area (Å²) in [5.74, 6) is 0.649. The van der Waals surface area contributed by atoms with Gasteiger partial charge in [-0.3, -0.25) is 4.79 Å². The van der Waals surface area contributed by atoms with Gasteiger partial charge in [0.2, 0.25) is 6.41 Å². The number of carbonyl (C=O) groups is 1. The highest BCUT2D eigenvalue weighted by Crippen LogP contribution is 2.18. The number of nitrogen functional groups attached to an aromatic ring is 1. The molecule has 1 amide bonds. The summed E-state index contributed by atoms with van der Waals surface area (Å²) in [6.45, 7) is 14.6. The molecule has 0 heterocycles. The molecule has 1 aromatic rings. The molecule has 4 N–H and O–H groups in total. The third kappa shape index (κ3) is 18.2. The maximum absolute atomic E-state index is 8.58. The van der Waals surface area contributed by atoms with E-state index in [1.54, 1.807) is 0 Å². The molecule has 1 atom stereocenters. The van der Waals surface area contributed by atoms with Crippen LogP contribution >= 0.6 is 0 Å². The molecule has 1 rings (SSSR count). The molecule has 0 fully saturated rings. The summed E-state index contributed by atoms with van der Waals surface area (Å²) in [4.78, 5) is 8.58. The van der Waals surface area contributed by atoms with Gasteiger partial charge in [-0.2, -0.15) is 0 Å². The molecule has 0 saturated heterocycles. The van der Waals surface area contributed by atoms with Crippen molar-refractivity contribution in [2.75, 3.05) is 5.73 Å². The van der Waals surface area contributed by atoms with Gasteiger partial charge in [0.15, 0.2) is 0 Å². The van der Waals surface area contributed by atoms with Gasteiger partial charge in [-0.25, -0.2) is 0 Å². The summed E-state index contributed by atoms with van der Waals surface area (Å²) in [6.07, 6.45) is 3.52. The lowest BCUT2D eigenvalue weighted by molar-refractivity contribution is -0.106. The van der Waals surface area contributed by atoms with E-state index in [0.29, 0.717) is 5.92 Å². The highest BCUT2D eigenvalue weighted by molar-refractivity contribution is 5.42. The van der Waals surface area contributed by atoms with Crippen LogP contribution in [0.1, 0.15) is 66.4 Å². The number of nitrogens with two attached hydrogens (primary N) is 2. The summed E-state index contributed by atoms with van der Waals surface area (Å²) in [7, 11) is 0. The van der Waals surface area contributed by atoms with Crippen molar-refractivity contribution in [3.63, 3.8) is 0 Å². The van der Waals surface area contributed by atoms with Crippen molar-refractivity contribution in [2.45, 2.75) is 60.8 Å². The van der Waals surface area contributed by atoms with Crippen molar-refractivity contribution in [2.24, 2.45) is 5.73 Å². The van der Waals surface area contributed by atoms with E-state index >= 15 is 0 Å². The second-order valence-corrected chi connectivity index (χ2v) is 4.48. The van der Waals surface area contributed by atoms with Crippen molar-refractivity contribution in [3.8, 4) is 0 Å². The fourth-order valence-corrected chi connectivity index (χ4v) is 1.06. The predicted molar refractivity (Wildman–Crippen MR) is 96.3 cm³/mol. The van der Waals surface area contributed by atoms with Crippen LogP contribution in [-0.4, -0.2) is 6.41 Å². The van der Waals surface area contributed by atoms with Crippen LogP contribution in [0.15, 0.2) is 35.9 Å². The molecule has 0 aliphatic heterocycles. The zero-order chi connectivity index (χ0) is 17.3. The Labute approximate surface area is 131 Å². The van der Waals surface area contributed by atoms with Crippen LogP contribution in [0.5, 0.6) is 0 Å². The highest BCUT2D eigenvalue weighted by Gasteiger charge is 2.00. The summed E-state index contributed by atoms with van der Waals surface area (Å²) >= 11 is 0. The molecule has 0 aliphatic carbocycles. The van der Waals surface area contributed by atoms with Crippen LogP contribution in [0.3, 0.4) is 0 Å². The number of anilines is 1. The van der Waals surface area contributed by atoms with Crippen molar-refractivity contribution in [1.29, 1.82) is 0 Å². The Bertz CT molecular complexity index is 352. The van der Waals surface area contributed by atoms with E-state index < -0.39 is 0 Å². The molecule has 1 aromatic carbocycles. The number of hydrogen-bond acceptors (Lipinski definition) is 2. The lowest BCUT2D eigenvalue weighted by Gasteiger charge is -2.07. The zero-order valence-corrected chi connectivity index (χ0v) is 14.8. The van der Waals surface area contributed by atoms with E-state index in [1.165, 1.54) is 17.6 Å². The van der Waals surface area contributed by atoms with E-state index in [2.05, 4.69) is 51.6 Å². The maximum atomic E-state index is 8.58. The Morgan fingerprint density at radius 1 is 1.19 bits per heavy atom. The smallest absolute Gasteiger partial charge is 0.204 e. The van der Waals surface area contributed by atoms with Crippen LogP contribution in [0.4, 0.5) is 5.69 Å². The zero-order valence-electron chi connectivity index (χ0n) is 14.8. The summed E-state index contributed by atoms with van der Waals surface area (Å²) in [5, 5.41) is 0. The summed E-state index contributed by atoms with van der Waals surface area (Å²) in [6, 6.07) is 8.12. The first kappa shape index (κ1) is 24.3. The minimum absolute atomic E-state index is 0.250. The van der Waals surface area contributed by atoms with E-state index in [9.17, 15) is 0 Å². The Morgan fingerprint density at radius 2 is 1.52 bits per heavy atom. The standard InChI is InChI=1S/C10H15N.C5H10.C2H6.CH3NO/c1-3-8(2)9-4-6-10(11)7-5-9;1-4-5(2)3;1-2;2-1-3/h4-8H,3,11H2,1-2H3;4H,1-3H3;1-2H3;1H,(H2,2,3). The van der Waals surface area contributed by atoms with E-state index in [0.717, 1.165) is 5.69 Å². The first-order chi connectivity index (χ1) is 9.92. The molecule has 0 saturated carbocycles. The average Bonchev–Trinajstić information content (AvgIpc) is 2.50. The van der Waals surface area contributed by atoms with Gasteiger partial charge in [0.25, 0.3) is 0 Å². The van der Waals surface area contributed by atoms with Gasteiger partial charge < -0.3 is 11.5 Å². The minimum atomic E-state index is 0.250. The fourth-order valence-electron chi connectivity index (χ4n) is 1.06. The normalized spacial score (nSPS) is 9.29. The van der Waals surface area contributed by atoms with Gasteiger partial charge in [-0.1, -0.05) is 51.5 Å². The van der Waals surface area contributed by atoms with E-state index in [1.807, 2.05) is 32.9 Å². The molecule has 3 nitrogen and oxygen atoms in total. The summed E-state index contributed by atoms with van der Waals surface area (Å²) in [5.41, 5.74) is 13.3. The van der Waals surface area contributed by atoms with Crippen LogP contribution in [0.25, 0.3) is 0 Å². The molecule has 122 valence electrons. The topological polar surface area (TPSA) is 69.1 Å². The number of hydrogen-bond donors (Lipinski definition) is 2. The number of benzene rings is 1. The fraction of sp³-hybridized carbons (Fsp3) is 0.500. The quantitative estimate of drug-likeness (QED) is 0.463. The van der Waals surface area contributed by atoms with Gasteiger partial charge >= 0.3 is 0 Å². The summed E-state index contributed by atoms with van der Waals surface area (Å²) < 4.78 is 0. The van der Waals surface area contributed by atoms with Gasteiger partial charge in [0, 0.05) is 5.69 Å². The molecule has 0 radical (unpaired) electrons. The van der Waals surface area contributed by atoms with E-state index in [-0.39, 0.29) is 6.41 Å². The van der Waals surface area contributed by atoms with Crippen LogP contribution < -0.4 is 11.5 Å². The van der Waals surface area contributed by atoms with Crippen LogP contribution in [0, 0.1) is 0 Å². The third-order valence-corrected chi connectivity index (χ3v) is 2.70. The number of allylic oxidation sites excluding steroid dienone is 2. The highest BCUT2D eigenvalue weighted by atomic mass is 16.1. The molecule has 3 heteroatoms. The lowest BCUT2D eigenvalue weighted by Crippen LogP contribution is -1.91. The SMILES string of the molecule is CC.CC=C(C)C.CCC(C)c1ccc(N)cc1.NC=O. The lowest BCUT2D eigenvalue weighted by atomic mass is 9.99. The first-order valence-corrected chi connectivity index (χ1v) is 7.53. The predicted octanol–water partition coefficient (Wildman–Crippen LogP) is 4.88. The molecule has 0 spiro atoms. The van der Waals surface area contributed by atoms with Crippen LogP contribution in [0.2, 0.25) is 0 Å².